The summed E-state index contributed by atoms with van der Waals surface area (Å²) < 4.78 is 12.0. The van der Waals surface area contributed by atoms with Crippen molar-refractivity contribution >= 4 is 5.97 Å². The second-order valence-corrected chi connectivity index (χ2v) is 4.17. The molecule has 0 amide bonds. The van der Waals surface area contributed by atoms with Crippen LogP contribution in [-0.4, -0.2) is 60.1 Å². The van der Waals surface area contributed by atoms with E-state index >= 15 is 0 Å². The van der Waals surface area contributed by atoms with Gasteiger partial charge in [0.25, 0.3) is 0 Å². The first-order valence-corrected chi connectivity index (χ1v) is 6.29. The van der Waals surface area contributed by atoms with Crippen molar-refractivity contribution < 1.29 is 14.3 Å². The number of hydrogen-bond donors (Lipinski definition) is 0. The summed E-state index contributed by atoms with van der Waals surface area (Å²) in [5.74, 6) is -0.310. The minimum Gasteiger partial charge on any atom is -0.462 e. The van der Waals surface area contributed by atoms with Gasteiger partial charge in [-0.05, 0) is 6.92 Å². The highest BCUT2D eigenvalue weighted by atomic mass is 16.5. The fraction of sp³-hybridized carbons (Fsp3) is 0.667. The molecule has 1 aromatic rings. The molecule has 6 heteroatoms. The maximum atomic E-state index is 11.5. The number of rotatable bonds is 5. The van der Waals surface area contributed by atoms with Crippen LogP contribution in [0, 0.1) is 0 Å². The second-order valence-electron chi connectivity index (χ2n) is 4.17. The van der Waals surface area contributed by atoms with E-state index in [1.54, 1.807) is 24.0 Å². The van der Waals surface area contributed by atoms with Crippen LogP contribution in [0.3, 0.4) is 0 Å². The van der Waals surface area contributed by atoms with Gasteiger partial charge in [-0.25, -0.2) is 4.79 Å². The third-order valence-electron chi connectivity index (χ3n) is 2.89. The predicted octanol–water partition coefficient (Wildman–Crippen LogP) is 0.392. The molecule has 100 valence electrons. The van der Waals surface area contributed by atoms with E-state index in [9.17, 15) is 4.79 Å². The topological polar surface area (TPSA) is 56.6 Å². The van der Waals surface area contributed by atoms with Crippen molar-refractivity contribution in [2.45, 2.75) is 13.5 Å². The van der Waals surface area contributed by atoms with Gasteiger partial charge >= 0.3 is 5.97 Å². The molecule has 0 aromatic carbocycles. The Morgan fingerprint density at radius 1 is 1.44 bits per heavy atom. The highest BCUT2D eigenvalue weighted by molar-refractivity contribution is 5.88. The van der Waals surface area contributed by atoms with Crippen molar-refractivity contribution in [2.24, 2.45) is 0 Å². The first kappa shape index (κ1) is 13.0. The van der Waals surface area contributed by atoms with E-state index in [2.05, 4.69) is 10.00 Å². The minimum atomic E-state index is -0.310. The summed E-state index contributed by atoms with van der Waals surface area (Å²) in [6.45, 7) is 7.41. The molecule has 0 aliphatic carbocycles. The van der Waals surface area contributed by atoms with Crippen LogP contribution in [0.25, 0.3) is 0 Å². The monoisotopic (exact) mass is 253 g/mol. The number of ether oxygens (including phenoxy) is 2. The Morgan fingerprint density at radius 3 is 2.94 bits per heavy atom. The van der Waals surface area contributed by atoms with Gasteiger partial charge in [-0.15, -0.1) is 0 Å². The number of aromatic nitrogens is 2. The van der Waals surface area contributed by atoms with Crippen molar-refractivity contribution in [3.63, 3.8) is 0 Å². The van der Waals surface area contributed by atoms with Crippen LogP contribution in [0.4, 0.5) is 0 Å². The Morgan fingerprint density at radius 2 is 2.22 bits per heavy atom. The van der Waals surface area contributed by atoms with Crippen molar-refractivity contribution in [3.8, 4) is 0 Å². The molecule has 0 N–H and O–H groups in total. The molecular weight excluding hydrogens is 234 g/mol. The smallest absolute Gasteiger partial charge is 0.341 e. The lowest BCUT2D eigenvalue weighted by Gasteiger charge is -2.26. The quantitative estimate of drug-likeness (QED) is 0.711. The first-order chi connectivity index (χ1) is 8.79. The average molecular weight is 253 g/mol. The molecule has 18 heavy (non-hydrogen) atoms. The van der Waals surface area contributed by atoms with Gasteiger partial charge in [-0.3, -0.25) is 9.58 Å². The maximum absolute atomic E-state index is 11.5. The number of carbonyl (C=O) groups is 1. The van der Waals surface area contributed by atoms with Crippen LogP contribution in [0.5, 0.6) is 0 Å². The Kier molecular flexibility index (Phi) is 4.72. The van der Waals surface area contributed by atoms with E-state index in [1.165, 1.54) is 0 Å². The number of hydrogen-bond acceptors (Lipinski definition) is 5. The highest BCUT2D eigenvalue weighted by Crippen LogP contribution is 2.02. The zero-order chi connectivity index (χ0) is 12.8. The third-order valence-corrected chi connectivity index (χ3v) is 2.89. The molecule has 0 spiro atoms. The maximum Gasteiger partial charge on any atom is 0.341 e. The van der Waals surface area contributed by atoms with Gasteiger partial charge in [0.05, 0.1) is 38.1 Å². The summed E-state index contributed by atoms with van der Waals surface area (Å²) in [4.78, 5) is 13.8. The summed E-state index contributed by atoms with van der Waals surface area (Å²) in [6.07, 6.45) is 3.29. The standard InChI is InChI=1S/C12H19N3O3/c1-2-18-12(16)11-9-13-15(10-11)4-3-14-5-7-17-8-6-14/h9-10H,2-8H2,1H3. The summed E-state index contributed by atoms with van der Waals surface area (Å²) in [5.41, 5.74) is 0.513. The van der Waals surface area contributed by atoms with Crippen molar-refractivity contribution in [1.82, 2.24) is 14.7 Å². The number of carbonyl (C=O) groups excluding carboxylic acids is 1. The fourth-order valence-electron chi connectivity index (χ4n) is 1.87. The van der Waals surface area contributed by atoms with Crippen molar-refractivity contribution in [3.05, 3.63) is 18.0 Å². The molecule has 0 unspecified atom stereocenters. The van der Waals surface area contributed by atoms with Crippen molar-refractivity contribution in [1.29, 1.82) is 0 Å². The first-order valence-electron chi connectivity index (χ1n) is 6.29. The lowest BCUT2D eigenvalue weighted by atomic mass is 10.4. The molecule has 0 bridgehead atoms. The van der Waals surface area contributed by atoms with Crippen LogP contribution in [0.15, 0.2) is 12.4 Å². The van der Waals surface area contributed by atoms with Gasteiger partial charge in [-0.2, -0.15) is 5.10 Å². The summed E-state index contributed by atoms with van der Waals surface area (Å²) in [6, 6.07) is 0. The van der Waals surface area contributed by atoms with Crippen LogP contribution >= 0.6 is 0 Å². The van der Waals surface area contributed by atoms with E-state index < -0.39 is 0 Å². The zero-order valence-corrected chi connectivity index (χ0v) is 10.7. The van der Waals surface area contributed by atoms with E-state index in [1.807, 2.05) is 0 Å². The van der Waals surface area contributed by atoms with Gasteiger partial charge < -0.3 is 9.47 Å². The van der Waals surface area contributed by atoms with E-state index in [4.69, 9.17) is 9.47 Å². The molecule has 0 atom stereocenters. The van der Waals surface area contributed by atoms with Crippen LogP contribution in [0.1, 0.15) is 17.3 Å². The van der Waals surface area contributed by atoms with Gasteiger partial charge in [0, 0.05) is 25.8 Å². The van der Waals surface area contributed by atoms with Gasteiger partial charge in [0.15, 0.2) is 0 Å². The van der Waals surface area contributed by atoms with E-state index in [-0.39, 0.29) is 5.97 Å². The van der Waals surface area contributed by atoms with E-state index in [0.717, 1.165) is 39.4 Å². The summed E-state index contributed by atoms with van der Waals surface area (Å²) >= 11 is 0. The molecule has 2 heterocycles. The third kappa shape index (κ3) is 3.54. The predicted molar refractivity (Wildman–Crippen MR) is 65.4 cm³/mol. The Bertz CT molecular complexity index is 386. The molecule has 2 rings (SSSR count). The summed E-state index contributed by atoms with van der Waals surface area (Å²) in [7, 11) is 0. The summed E-state index contributed by atoms with van der Waals surface area (Å²) in [5, 5.41) is 4.16. The van der Waals surface area contributed by atoms with Gasteiger partial charge in [-0.1, -0.05) is 0 Å². The molecular formula is C12H19N3O3. The lowest BCUT2D eigenvalue weighted by Crippen LogP contribution is -2.38. The fourth-order valence-corrected chi connectivity index (χ4v) is 1.87. The highest BCUT2D eigenvalue weighted by Gasteiger charge is 2.12. The lowest BCUT2D eigenvalue weighted by molar-refractivity contribution is 0.0359. The molecule has 1 aliphatic heterocycles. The van der Waals surface area contributed by atoms with Crippen LogP contribution < -0.4 is 0 Å². The number of nitrogens with zero attached hydrogens (tertiary/aromatic N) is 3. The van der Waals surface area contributed by atoms with Crippen LogP contribution in [0.2, 0.25) is 0 Å². The van der Waals surface area contributed by atoms with Crippen LogP contribution in [-0.2, 0) is 16.0 Å². The Labute approximate surface area is 106 Å². The largest absolute Gasteiger partial charge is 0.462 e. The normalized spacial score (nSPS) is 16.7. The van der Waals surface area contributed by atoms with E-state index in [0.29, 0.717) is 12.2 Å². The SMILES string of the molecule is CCOC(=O)c1cnn(CCN2CCOCC2)c1. The molecule has 6 nitrogen and oxygen atoms in total. The van der Waals surface area contributed by atoms with Gasteiger partial charge in [0.1, 0.15) is 0 Å². The molecule has 0 radical (unpaired) electrons. The molecule has 1 saturated heterocycles. The second kappa shape index (κ2) is 6.51. The zero-order valence-electron chi connectivity index (χ0n) is 10.7. The minimum absolute atomic E-state index is 0.310. The average Bonchev–Trinajstić information content (AvgIpc) is 2.87. The van der Waals surface area contributed by atoms with Gasteiger partial charge in [0.2, 0.25) is 0 Å². The number of morpholine rings is 1. The number of esters is 1. The van der Waals surface area contributed by atoms with Crippen molar-refractivity contribution in [2.75, 3.05) is 39.5 Å². The molecule has 1 fully saturated rings. The Balaban J connectivity index is 1.80. The molecule has 0 saturated carbocycles. The molecule has 1 aromatic heterocycles. The molecule has 1 aliphatic rings. The Hall–Kier alpha value is -1.40.